The molecule has 1 saturated carbocycles. The Kier molecular flexibility index (Phi) is 5.30. The molecule has 0 bridgehead atoms. The van der Waals surface area contributed by atoms with Crippen molar-refractivity contribution >= 4 is 0 Å². The van der Waals surface area contributed by atoms with E-state index in [1.54, 1.807) is 0 Å². The first-order valence-corrected chi connectivity index (χ1v) is 7.12. The molecule has 16 heavy (non-hydrogen) atoms. The van der Waals surface area contributed by atoms with Crippen LogP contribution in [0.1, 0.15) is 72.6 Å². The van der Waals surface area contributed by atoms with Crippen molar-refractivity contribution in [3.63, 3.8) is 0 Å². The number of rotatable bonds is 5. The van der Waals surface area contributed by atoms with E-state index in [2.05, 4.69) is 27.7 Å². The second-order valence-electron chi connectivity index (χ2n) is 7.25. The van der Waals surface area contributed by atoms with Crippen LogP contribution in [-0.2, 0) is 0 Å². The zero-order chi connectivity index (χ0) is 12.2. The third-order valence-electron chi connectivity index (χ3n) is 3.78. The van der Waals surface area contributed by atoms with Crippen molar-refractivity contribution < 1.29 is 0 Å². The van der Waals surface area contributed by atoms with Gasteiger partial charge in [0.25, 0.3) is 0 Å². The maximum atomic E-state index is 6.27. The first kappa shape index (κ1) is 14.0. The largest absolute Gasteiger partial charge is 0.328 e. The molecule has 0 spiro atoms. The molecule has 0 aromatic heterocycles. The van der Waals surface area contributed by atoms with Gasteiger partial charge in [-0.15, -0.1) is 0 Å². The SMILES string of the molecule is CC(CC(N)CC1CCCC1)CC(C)(C)C. The molecule has 0 amide bonds. The summed E-state index contributed by atoms with van der Waals surface area (Å²) < 4.78 is 0. The Bertz CT molecular complexity index is 186. The van der Waals surface area contributed by atoms with E-state index >= 15 is 0 Å². The third kappa shape index (κ3) is 5.89. The Morgan fingerprint density at radius 1 is 1.19 bits per heavy atom. The Morgan fingerprint density at radius 2 is 1.75 bits per heavy atom. The summed E-state index contributed by atoms with van der Waals surface area (Å²) in [6.45, 7) is 9.34. The van der Waals surface area contributed by atoms with Crippen molar-refractivity contribution in [3.05, 3.63) is 0 Å². The van der Waals surface area contributed by atoms with Gasteiger partial charge in [0.15, 0.2) is 0 Å². The lowest BCUT2D eigenvalue weighted by atomic mass is 9.82. The average Bonchev–Trinajstić information content (AvgIpc) is 2.51. The van der Waals surface area contributed by atoms with Crippen molar-refractivity contribution in [2.45, 2.75) is 78.7 Å². The van der Waals surface area contributed by atoms with Gasteiger partial charge in [-0.2, -0.15) is 0 Å². The summed E-state index contributed by atoms with van der Waals surface area (Å²) in [5, 5.41) is 0. The second kappa shape index (κ2) is 6.05. The molecule has 1 rings (SSSR count). The molecule has 1 aliphatic carbocycles. The zero-order valence-corrected chi connectivity index (χ0v) is 11.8. The highest BCUT2D eigenvalue weighted by atomic mass is 14.6. The Balaban J connectivity index is 2.19. The van der Waals surface area contributed by atoms with E-state index in [0.29, 0.717) is 11.5 Å². The molecule has 0 heterocycles. The summed E-state index contributed by atoms with van der Waals surface area (Å²) >= 11 is 0. The van der Waals surface area contributed by atoms with Crippen molar-refractivity contribution in [1.29, 1.82) is 0 Å². The summed E-state index contributed by atoms with van der Waals surface area (Å²) in [7, 11) is 0. The summed E-state index contributed by atoms with van der Waals surface area (Å²) in [5.74, 6) is 1.72. The maximum absolute atomic E-state index is 6.27. The van der Waals surface area contributed by atoms with Crippen LogP contribution < -0.4 is 5.73 Å². The molecule has 0 aromatic carbocycles. The maximum Gasteiger partial charge on any atom is 0.00440 e. The van der Waals surface area contributed by atoms with E-state index < -0.39 is 0 Å². The van der Waals surface area contributed by atoms with E-state index in [1.165, 1.54) is 44.9 Å². The monoisotopic (exact) mass is 225 g/mol. The molecule has 1 fully saturated rings. The summed E-state index contributed by atoms with van der Waals surface area (Å²) in [5.41, 5.74) is 6.72. The van der Waals surface area contributed by atoms with E-state index in [1.807, 2.05) is 0 Å². The molecular formula is C15H31N. The average molecular weight is 225 g/mol. The standard InChI is InChI=1S/C15H31N/c1-12(11-15(2,3)4)9-14(16)10-13-7-5-6-8-13/h12-14H,5-11,16H2,1-4H3. The normalized spacial score (nSPS) is 22.3. The highest BCUT2D eigenvalue weighted by Gasteiger charge is 2.21. The van der Waals surface area contributed by atoms with E-state index in [4.69, 9.17) is 5.73 Å². The highest BCUT2D eigenvalue weighted by molar-refractivity contribution is 4.76. The first-order chi connectivity index (χ1) is 7.37. The fraction of sp³-hybridized carbons (Fsp3) is 1.00. The lowest BCUT2D eigenvalue weighted by molar-refractivity contribution is 0.275. The minimum Gasteiger partial charge on any atom is -0.328 e. The van der Waals surface area contributed by atoms with Gasteiger partial charge in [-0.1, -0.05) is 53.4 Å². The smallest absolute Gasteiger partial charge is 0.00440 e. The Labute approximate surface area is 102 Å². The van der Waals surface area contributed by atoms with Crippen molar-refractivity contribution in [2.75, 3.05) is 0 Å². The van der Waals surface area contributed by atoms with E-state index in [-0.39, 0.29) is 0 Å². The van der Waals surface area contributed by atoms with Crippen molar-refractivity contribution in [2.24, 2.45) is 23.0 Å². The molecule has 2 unspecified atom stereocenters. The minimum absolute atomic E-state index is 0.445. The van der Waals surface area contributed by atoms with Crippen molar-refractivity contribution in [1.82, 2.24) is 0 Å². The van der Waals surface area contributed by atoms with E-state index in [0.717, 1.165) is 11.8 Å². The second-order valence-corrected chi connectivity index (χ2v) is 7.25. The quantitative estimate of drug-likeness (QED) is 0.739. The molecule has 2 N–H and O–H groups in total. The van der Waals surface area contributed by atoms with Crippen molar-refractivity contribution in [3.8, 4) is 0 Å². The van der Waals surface area contributed by atoms with Crippen LogP contribution >= 0.6 is 0 Å². The van der Waals surface area contributed by atoms with E-state index in [9.17, 15) is 0 Å². The summed E-state index contributed by atoms with van der Waals surface area (Å²) in [6.07, 6.45) is 9.53. The van der Waals surface area contributed by atoms with Crippen LogP contribution in [-0.4, -0.2) is 6.04 Å². The molecule has 0 saturated heterocycles. The number of hydrogen-bond donors (Lipinski definition) is 1. The molecule has 1 heteroatoms. The van der Waals surface area contributed by atoms with Gasteiger partial charge in [0.2, 0.25) is 0 Å². The van der Waals surface area contributed by atoms with Crippen LogP contribution in [0, 0.1) is 17.3 Å². The molecule has 2 atom stereocenters. The Hall–Kier alpha value is -0.0400. The predicted molar refractivity (Wildman–Crippen MR) is 72.4 cm³/mol. The summed E-state index contributed by atoms with van der Waals surface area (Å²) in [6, 6.07) is 0.445. The van der Waals surface area contributed by atoms with Gasteiger partial charge >= 0.3 is 0 Å². The van der Waals surface area contributed by atoms with Crippen LogP contribution in [0.25, 0.3) is 0 Å². The number of hydrogen-bond acceptors (Lipinski definition) is 1. The summed E-state index contributed by atoms with van der Waals surface area (Å²) in [4.78, 5) is 0. The highest BCUT2D eigenvalue weighted by Crippen LogP contribution is 2.31. The van der Waals surface area contributed by atoms with Gasteiger partial charge < -0.3 is 5.73 Å². The minimum atomic E-state index is 0.445. The van der Waals surface area contributed by atoms with Gasteiger partial charge in [-0.05, 0) is 36.5 Å². The van der Waals surface area contributed by atoms with Crippen LogP contribution in [0.15, 0.2) is 0 Å². The van der Waals surface area contributed by atoms with Gasteiger partial charge in [-0.3, -0.25) is 0 Å². The van der Waals surface area contributed by atoms with Crippen LogP contribution in [0.2, 0.25) is 0 Å². The zero-order valence-electron chi connectivity index (χ0n) is 11.8. The van der Waals surface area contributed by atoms with Gasteiger partial charge in [0.1, 0.15) is 0 Å². The van der Waals surface area contributed by atoms with Gasteiger partial charge in [0, 0.05) is 6.04 Å². The predicted octanol–water partition coefficient (Wildman–Crippen LogP) is 4.36. The molecule has 1 aliphatic rings. The lowest BCUT2D eigenvalue weighted by Crippen LogP contribution is -2.26. The topological polar surface area (TPSA) is 26.0 Å². The molecule has 0 aromatic rings. The number of nitrogens with two attached hydrogens (primary N) is 1. The van der Waals surface area contributed by atoms with Crippen LogP contribution in [0.4, 0.5) is 0 Å². The molecule has 96 valence electrons. The Morgan fingerprint density at radius 3 is 2.25 bits per heavy atom. The van der Waals surface area contributed by atoms with Crippen LogP contribution in [0.5, 0.6) is 0 Å². The van der Waals surface area contributed by atoms with Gasteiger partial charge in [0.05, 0.1) is 0 Å². The first-order valence-electron chi connectivity index (χ1n) is 7.12. The fourth-order valence-corrected chi connectivity index (χ4v) is 3.42. The molecular weight excluding hydrogens is 194 g/mol. The lowest BCUT2D eigenvalue weighted by Gasteiger charge is -2.26. The van der Waals surface area contributed by atoms with Crippen LogP contribution in [0.3, 0.4) is 0 Å². The molecule has 1 nitrogen and oxygen atoms in total. The van der Waals surface area contributed by atoms with Gasteiger partial charge in [-0.25, -0.2) is 0 Å². The molecule has 0 radical (unpaired) electrons. The molecule has 0 aliphatic heterocycles. The third-order valence-corrected chi connectivity index (χ3v) is 3.78. The fourth-order valence-electron chi connectivity index (χ4n) is 3.42.